The summed E-state index contributed by atoms with van der Waals surface area (Å²) < 4.78 is 58.7. The van der Waals surface area contributed by atoms with E-state index in [1.165, 1.54) is 18.2 Å². The fraction of sp³-hybridized carbons (Fsp3) is 0.278. The van der Waals surface area contributed by atoms with E-state index in [0.29, 0.717) is 10.6 Å². The van der Waals surface area contributed by atoms with Gasteiger partial charge in [-0.15, -0.1) is 0 Å². The standard InChI is InChI=1S/C18H15F4N3O4/c1-24-15-11(6-7-14(23-15)18(20,21)22)16(27)25(17(24)28)8-10(26)9-29-13-5-3-2-4-12(13)19/h2-7,10,26H,8-9H2,1H3. The van der Waals surface area contributed by atoms with E-state index in [0.717, 1.165) is 23.7 Å². The highest BCUT2D eigenvalue weighted by Crippen LogP contribution is 2.28. The van der Waals surface area contributed by atoms with E-state index in [1.807, 2.05) is 0 Å². The number of aliphatic hydroxyl groups is 1. The molecular formula is C18H15F4N3O4. The Kier molecular flexibility index (Phi) is 5.42. The molecule has 0 saturated heterocycles. The van der Waals surface area contributed by atoms with E-state index in [2.05, 4.69) is 4.98 Å². The van der Waals surface area contributed by atoms with Gasteiger partial charge in [0.1, 0.15) is 24.1 Å². The fourth-order valence-electron chi connectivity index (χ4n) is 2.71. The third kappa shape index (κ3) is 4.14. The number of rotatable bonds is 5. The number of pyridine rings is 1. The first kappa shape index (κ1) is 20.5. The third-order valence-electron chi connectivity index (χ3n) is 4.14. The quantitative estimate of drug-likeness (QED) is 0.644. The van der Waals surface area contributed by atoms with E-state index in [9.17, 15) is 32.3 Å². The molecule has 1 N–H and O–H groups in total. The van der Waals surface area contributed by atoms with Crippen LogP contribution in [0.2, 0.25) is 0 Å². The van der Waals surface area contributed by atoms with Gasteiger partial charge in [0.05, 0.1) is 11.9 Å². The maximum absolute atomic E-state index is 13.5. The summed E-state index contributed by atoms with van der Waals surface area (Å²) in [4.78, 5) is 28.3. The summed E-state index contributed by atoms with van der Waals surface area (Å²) in [6.45, 7) is -0.920. The first-order chi connectivity index (χ1) is 13.6. The molecule has 0 saturated carbocycles. The first-order valence-corrected chi connectivity index (χ1v) is 8.32. The van der Waals surface area contributed by atoms with Gasteiger partial charge in [-0.25, -0.2) is 14.2 Å². The monoisotopic (exact) mass is 413 g/mol. The molecule has 154 valence electrons. The molecule has 3 rings (SSSR count). The minimum absolute atomic E-state index is 0.116. The highest BCUT2D eigenvalue weighted by Gasteiger charge is 2.33. The second-order valence-corrected chi connectivity index (χ2v) is 6.22. The van der Waals surface area contributed by atoms with E-state index in [4.69, 9.17) is 4.74 Å². The highest BCUT2D eigenvalue weighted by molar-refractivity contribution is 5.74. The van der Waals surface area contributed by atoms with Crippen molar-refractivity contribution < 1.29 is 27.4 Å². The average Bonchev–Trinajstić information content (AvgIpc) is 2.67. The lowest BCUT2D eigenvalue weighted by Crippen LogP contribution is -2.43. The van der Waals surface area contributed by atoms with Gasteiger partial charge in [-0.1, -0.05) is 12.1 Å². The Labute approximate surface area is 160 Å². The fourth-order valence-corrected chi connectivity index (χ4v) is 2.71. The van der Waals surface area contributed by atoms with Crippen LogP contribution in [0.5, 0.6) is 5.75 Å². The molecule has 0 fully saturated rings. The Balaban J connectivity index is 1.91. The van der Waals surface area contributed by atoms with E-state index in [-0.39, 0.29) is 11.1 Å². The number of alkyl halides is 3. The van der Waals surface area contributed by atoms with Crippen LogP contribution in [0.3, 0.4) is 0 Å². The maximum Gasteiger partial charge on any atom is 0.433 e. The van der Waals surface area contributed by atoms with E-state index < -0.39 is 53.8 Å². The Morgan fingerprint density at radius 3 is 2.52 bits per heavy atom. The van der Waals surface area contributed by atoms with E-state index >= 15 is 0 Å². The minimum atomic E-state index is -4.74. The maximum atomic E-state index is 13.5. The van der Waals surface area contributed by atoms with Crippen LogP contribution in [0.4, 0.5) is 17.6 Å². The number of halogens is 4. The average molecular weight is 413 g/mol. The summed E-state index contributed by atoms with van der Waals surface area (Å²) in [5.41, 5.74) is -3.54. The predicted molar refractivity (Wildman–Crippen MR) is 94.1 cm³/mol. The smallest absolute Gasteiger partial charge is 0.433 e. The van der Waals surface area contributed by atoms with Crippen LogP contribution in [0.15, 0.2) is 46.0 Å². The van der Waals surface area contributed by atoms with Crippen molar-refractivity contribution in [3.8, 4) is 5.75 Å². The number of nitrogens with zero attached hydrogens (tertiary/aromatic N) is 3. The Morgan fingerprint density at radius 2 is 1.86 bits per heavy atom. The molecule has 0 aliphatic carbocycles. The molecular weight excluding hydrogens is 398 g/mol. The van der Waals surface area contributed by atoms with Gasteiger partial charge in [-0.05, 0) is 24.3 Å². The molecule has 0 aliphatic heterocycles. The number of hydrogen-bond acceptors (Lipinski definition) is 5. The first-order valence-electron chi connectivity index (χ1n) is 8.32. The molecule has 2 aromatic heterocycles. The zero-order valence-electron chi connectivity index (χ0n) is 15.0. The molecule has 1 aromatic carbocycles. The van der Waals surface area contributed by atoms with Gasteiger partial charge in [-0.2, -0.15) is 13.2 Å². The Hall–Kier alpha value is -3.21. The van der Waals surface area contributed by atoms with Crippen LogP contribution in [0, 0.1) is 5.82 Å². The Bertz CT molecular complexity index is 1170. The molecule has 0 aliphatic rings. The van der Waals surface area contributed by atoms with Crippen LogP contribution >= 0.6 is 0 Å². The summed E-state index contributed by atoms with van der Waals surface area (Å²) in [5, 5.41) is 9.88. The number of para-hydroxylation sites is 1. The second kappa shape index (κ2) is 7.66. The third-order valence-corrected chi connectivity index (χ3v) is 4.14. The molecule has 3 aromatic rings. The van der Waals surface area contributed by atoms with Crippen molar-refractivity contribution in [3.63, 3.8) is 0 Å². The summed E-state index contributed by atoms with van der Waals surface area (Å²) in [6, 6.07) is 7.04. The normalized spacial score (nSPS) is 12.9. The van der Waals surface area contributed by atoms with Crippen molar-refractivity contribution in [3.05, 3.63) is 68.7 Å². The molecule has 0 amide bonds. The van der Waals surface area contributed by atoms with Crippen LogP contribution in [0.1, 0.15) is 5.69 Å². The Morgan fingerprint density at radius 1 is 1.17 bits per heavy atom. The molecule has 0 spiro atoms. The minimum Gasteiger partial charge on any atom is -0.488 e. The zero-order valence-corrected chi connectivity index (χ0v) is 15.0. The van der Waals surface area contributed by atoms with Gasteiger partial charge < -0.3 is 9.84 Å². The molecule has 0 bridgehead atoms. The number of benzene rings is 1. The van der Waals surface area contributed by atoms with Crippen molar-refractivity contribution >= 4 is 11.0 Å². The van der Waals surface area contributed by atoms with Crippen molar-refractivity contribution in [1.82, 2.24) is 14.1 Å². The lowest BCUT2D eigenvalue weighted by atomic mass is 10.2. The van der Waals surface area contributed by atoms with Crippen LogP contribution in [-0.2, 0) is 19.8 Å². The summed E-state index contributed by atoms with van der Waals surface area (Å²) in [5.74, 6) is -0.765. The van der Waals surface area contributed by atoms with Crippen molar-refractivity contribution in [1.29, 1.82) is 0 Å². The van der Waals surface area contributed by atoms with Gasteiger partial charge >= 0.3 is 11.9 Å². The summed E-state index contributed by atoms with van der Waals surface area (Å²) in [7, 11) is 1.16. The van der Waals surface area contributed by atoms with Crippen molar-refractivity contribution in [2.24, 2.45) is 7.05 Å². The molecule has 29 heavy (non-hydrogen) atoms. The SMILES string of the molecule is Cn1c(=O)n(CC(O)COc2ccccc2F)c(=O)c2ccc(C(F)(F)F)nc21. The van der Waals surface area contributed by atoms with E-state index in [1.54, 1.807) is 0 Å². The van der Waals surface area contributed by atoms with Crippen molar-refractivity contribution in [2.75, 3.05) is 6.61 Å². The van der Waals surface area contributed by atoms with Crippen LogP contribution < -0.4 is 16.0 Å². The van der Waals surface area contributed by atoms with Crippen molar-refractivity contribution in [2.45, 2.75) is 18.8 Å². The molecule has 1 atom stereocenters. The van der Waals surface area contributed by atoms with Crippen LogP contribution in [0.25, 0.3) is 11.0 Å². The van der Waals surface area contributed by atoms with Gasteiger partial charge in [0.25, 0.3) is 5.56 Å². The van der Waals surface area contributed by atoms with Gasteiger partial charge in [-0.3, -0.25) is 13.9 Å². The largest absolute Gasteiger partial charge is 0.488 e. The number of aromatic nitrogens is 3. The lowest BCUT2D eigenvalue weighted by Gasteiger charge is -2.16. The van der Waals surface area contributed by atoms with Crippen LogP contribution in [-0.4, -0.2) is 31.9 Å². The predicted octanol–water partition coefficient (Wildman–Crippen LogP) is 1.69. The number of hydrogen-bond donors (Lipinski definition) is 1. The molecule has 2 heterocycles. The highest BCUT2D eigenvalue weighted by atomic mass is 19.4. The molecule has 1 unspecified atom stereocenters. The van der Waals surface area contributed by atoms with Gasteiger partial charge in [0.2, 0.25) is 0 Å². The van der Waals surface area contributed by atoms with Gasteiger partial charge in [0.15, 0.2) is 11.6 Å². The lowest BCUT2D eigenvalue weighted by molar-refractivity contribution is -0.141. The number of ether oxygens (including phenoxy) is 1. The molecule has 7 nitrogen and oxygen atoms in total. The summed E-state index contributed by atoms with van der Waals surface area (Å²) in [6.07, 6.45) is -6.10. The molecule has 0 radical (unpaired) electrons. The topological polar surface area (TPSA) is 86.4 Å². The molecule has 11 heteroatoms. The zero-order chi connectivity index (χ0) is 21.3. The second-order valence-electron chi connectivity index (χ2n) is 6.22. The number of aryl methyl sites for hydroxylation is 1. The van der Waals surface area contributed by atoms with Gasteiger partial charge in [0, 0.05) is 7.05 Å². The number of fused-ring (bicyclic) bond motifs is 1. The number of aliphatic hydroxyl groups excluding tert-OH is 1. The summed E-state index contributed by atoms with van der Waals surface area (Å²) >= 11 is 0.